The van der Waals surface area contributed by atoms with Gasteiger partial charge in [0.15, 0.2) is 0 Å². The first-order valence-corrected chi connectivity index (χ1v) is 8.70. The van der Waals surface area contributed by atoms with Gasteiger partial charge in [0.25, 0.3) is 0 Å². The molecule has 0 fully saturated rings. The molecule has 0 aliphatic carbocycles. The van der Waals surface area contributed by atoms with Crippen LogP contribution in [0.1, 0.15) is 40.3 Å². The van der Waals surface area contributed by atoms with Gasteiger partial charge in [0.05, 0.1) is 0 Å². The van der Waals surface area contributed by atoms with E-state index in [0.717, 1.165) is 23.4 Å². The third-order valence-corrected chi connectivity index (χ3v) is 4.69. The van der Waals surface area contributed by atoms with Crippen LogP contribution in [0.25, 0.3) is 11.6 Å². The number of hydrogen-bond donors (Lipinski definition) is 0. The van der Waals surface area contributed by atoms with Crippen molar-refractivity contribution in [1.82, 2.24) is 0 Å². The highest BCUT2D eigenvalue weighted by molar-refractivity contribution is 6.31. The zero-order valence-electron chi connectivity index (χ0n) is 14.8. The van der Waals surface area contributed by atoms with Crippen molar-refractivity contribution in [2.24, 2.45) is 0 Å². The van der Waals surface area contributed by atoms with E-state index in [0.29, 0.717) is 0 Å². The Balaban J connectivity index is 2.50. The highest BCUT2D eigenvalue weighted by Crippen LogP contribution is 2.29. The van der Waals surface area contributed by atoms with Crippen LogP contribution in [0.4, 0.5) is 0 Å². The number of rotatable bonds is 6. The lowest BCUT2D eigenvalue weighted by molar-refractivity contribution is 1.12. The summed E-state index contributed by atoms with van der Waals surface area (Å²) < 4.78 is 0. The quantitative estimate of drug-likeness (QED) is 0.499. The number of benzene rings is 2. The fraction of sp³-hybridized carbons (Fsp3) is 0.217. The summed E-state index contributed by atoms with van der Waals surface area (Å²) >= 11 is 6.44. The summed E-state index contributed by atoms with van der Waals surface area (Å²) in [6.45, 7) is 14.2. The van der Waals surface area contributed by atoms with E-state index in [2.05, 4.69) is 64.3 Å². The zero-order chi connectivity index (χ0) is 17.7. The summed E-state index contributed by atoms with van der Waals surface area (Å²) in [6.07, 6.45) is 7.65. The van der Waals surface area contributed by atoms with Crippen LogP contribution in [0.3, 0.4) is 0 Å². The molecule has 0 bridgehead atoms. The standard InChI is InChI=1S/C23H25Cl/c1-6-9-20(14-21-11-10-16(4)12-23(21)24)22-15-19(8-3)18(7-2)13-17(22)5/h6,8-13,15H,1,3,7,14H2,2,4-5H3/b20-9-. The Morgan fingerprint density at radius 2 is 1.83 bits per heavy atom. The van der Waals surface area contributed by atoms with Crippen molar-refractivity contribution in [3.05, 3.63) is 94.0 Å². The Morgan fingerprint density at radius 3 is 2.42 bits per heavy atom. The third-order valence-electron chi connectivity index (χ3n) is 4.34. The van der Waals surface area contributed by atoms with Crippen LogP contribution in [-0.2, 0) is 12.8 Å². The van der Waals surface area contributed by atoms with Crippen molar-refractivity contribution in [1.29, 1.82) is 0 Å². The second kappa shape index (κ2) is 8.17. The van der Waals surface area contributed by atoms with E-state index in [-0.39, 0.29) is 0 Å². The lowest BCUT2D eigenvalue weighted by Crippen LogP contribution is -1.98. The van der Waals surface area contributed by atoms with E-state index in [4.69, 9.17) is 11.6 Å². The summed E-state index contributed by atoms with van der Waals surface area (Å²) in [6, 6.07) is 10.7. The molecule has 0 saturated heterocycles. The van der Waals surface area contributed by atoms with Gasteiger partial charge < -0.3 is 0 Å². The molecule has 24 heavy (non-hydrogen) atoms. The van der Waals surface area contributed by atoms with Gasteiger partial charge in [-0.15, -0.1) is 0 Å². The van der Waals surface area contributed by atoms with E-state index in [9.17, 15) is 0 Å². The molecule has 0 atom stereocenters. The van der Waals surface area contributed by atoms with Gasteiger partial charge in [-0.25, -0.2) is 0 Å². The molecule has 0 aromatic heterocycles. The molecule has 0 N–H and O–H groups in total. The second-order valence-corrected chi connectivity index (χ2v) is 6.53. The van der Waals surface area contributed by atoms with Crippen LogP contribution in [0.15, 0.2) is 55.6 Å². The first-order valence-electron chi connectivity index (χ1n) is 8.33. The van der Waals surface area contributed by atoms with Crippen molar-refractivity contribution >= 4 is 23.3 Å². The molecule has 1 heteroatoms. The lowest BCUT2D eigenvalue weighted by Gasteiger charge is -2.16. The SMILES string of the molecule is C=C/C=C(/Cc1ccc(C)cc1Cl)c1cc(C=C)c(CC)cc1C. The van der Waals surface area contributed by atoms with Gasteiger partial charge in [-0.05, 0) is 77.8 Å². The highest BCUT2D eigenvalue weighted by Gasteiger charge is 2.11. The molecule has 0 saturated carbocycles. The summed E-state index contributed by atoms with van der Waals surface area (Å²) in [5.74, 6) is 0. The predicted molar refractivity (Wildman–Crippen MR) is 109 cm³/mol. The summed E-state index contributed by atoms with van der Waals surface area (Å²) in [7, 11) is 0. The summed E-state index contributed by atoms with van der Waals surface area (Å²) in [5.41, 5.74) is 8.57. The molecule has 0 amide bonds. The smallest absolute Gasteiger partial charge is 0.0444 e. The maximum atomic E-state index is 6.44. The molecule has 124 valence electrons. The maximum absolute atomic E-state index is 6.44. The van der Waals surface area contributed by atoms with E-state index in [1.54, 1.807) is 0 Å². The minimum Gasteiger partial charge on any atom is -0.0991 e. The van der Waals surface area contributed by atoms with Crippen LogP contribution >= 0.6 is 11.6 Å². The van der Waals surface area contributed by atoms with Crippen LogP contribution in [0, 0.1) is 13.8 Å². The Hall–Kier alpha value is -2.05. The Labute approximate surface area is 151 Å². The van der Waals surface area contributed by atoms with Crippen molar-refractivity contribution < 1.29 is 0 Å². The molecule has 0 aliphatic rings. The lowest BCUT2D eigenvalue weighted by atomic mass is 9.90. The number of hydrogen-bond acceptors (Lipinski definition) is 0. The number of allylic oxidation sites excluding steroid dienone is 3. The van der Waals surface area contributed by atoms with Crippen LogP contribution < -0.4 is 0 Å². The van der Waals surface area contributed by atoms with Crippen molar-refractivity contribution in [2.45, 2.75) is 33.6 Å². The molecule has 2 aromatic carbocycles. The van der Waals surface area contributed by atoms with Gasteiger partial charge in [-0.3, -0.25) is 0 Å². The highest BCUT2D eigenvalue weighted by atomic mass is 35.5. The molecule has 0 radical (unpaired) electrons. The van der Waals surface area contributed by atoms with Crippen molar-refractivity contribution in [2.75, 3.05) is 0 Å². The fourth-order valence-corrected chi connectivity index (χ4v) is 3.32. The van der Waals surface area contributed by atoms with Crippen LogP contribution in [-0.4, -0.2) is 0 Å². The topological polar surface area (TPSA) is 0 Å². The monoisotopic (exact) mass is 336 g/mol. The predicted octanol–water partition coefficient (Wildman–Crippen LogP) is 6.97. The van der Waals surface area contributed by atoms with Gasteiger partial charge in [0.1, 0.15) is 0 Å². The minimum absolute atomic E-state index is 0.786. The minimum atomic E-state index is 0.786. The number of aryl methyl sites for hydroxylation is 3. The van der Waals surface area contributed by atoms with Gasteiger partial charge >= 0.3 is 0 Å². The Morgan fingerprint density at radius 1 is 1.08 bits per heavy atom. The molecule has 0 nitrogen and oxygen atoms in total. The van der Waals surface area contributed by atoms with E-state index >= 15 is 0 Å². The molecule has 2 rings (SSSR count). The third kappa shape index (κ3) is 4.07. The molecular formula is C23H25Cl. The Bertz CT molecular complexity index is 794. The van der Waals surface area contributed by atoms with Crippen LogP contribution in [0.5, 0.6) is 0 Å². The molecule has 0 unspecified atom stereocenters. The Kier molecular flexibility index (Phi) is 6.23. The van der Waals surface area contributed by atoms with Crippen molar-refractivity contribution in [3.8, 4) is 0 Å². The van der Waals surface area contributed by atoms with Gasteiger partial charge in [-0.1, -0.05) is 68.1 Å². The van der Waals surface area contributed by atoms with E-state index in [1.807, 2.05) is 18.2 Å². The maximum Gasteiger partial charge on any atom is 0.0444 e. The molecule has 0 spiro atoms. The first kappa shape index (κ1) is 18.3. The summed E-state index contributed by atoms with van der Waals surface area (Å²) in [4.78, 5) is 0. The van der Waals surface area contributed by atoms with Crippen molar-refractivity contribution in [3.63, 3.8) is 0 Å². The molecule has 2 aromatic rings. The van der Waals surface area contributed by atoms with E-state index in [1.165, 1.54) is 33.4 Å². The summed E-state index contributed by atoms with van der Waals surface area (Å²) in [5, 5.41) is 0.816. The molecular weight excluding hydrogens is 312 g/mol. The normalized spacial score (nSPS) is 11.4. The average Bonchev–Trinajstić information content (AvgIpc) is 2.56. The average molecular weight is 337 g/mol. The largest absolute Gasteiger partial charge is 0.0991 e. The molecule has 0 aliphatic heterocycles. The van der Waals surface area contributed by atoms with Gasteiger partial charge in [-0.2, -0.15) is 0 Å². The number of halogens is 1. The van der Waals surface area contributed by atoms with Gasteiger partial charge in [0.2, 0.25) is 0 Å². The fourth-order valence-electron chi connectivity index (χ4n) is 3.01. The first-order chi connectivity index (χ1) is 11.5. The zero-order valence-corrected chi connectivity index (χ0v) is 15.6. The van der Waals surface area contributed by atoms with Gasteiger partial charge in [0, 0.05) is 5.02 Å². The molecule has 0 heterocycles. The van der Waals surface area contributed by atoms with E-state index < -0.39 is 0 Å². The second-order valence-electron chi connectivity index (χ2n) is 6.12. The van der Waals surface area contributed by atoms with Crippen LogP contribution in [0.2, 0.25) is 5.02 Å².